The highest BCUT2D eigenvalue weighted by Crippen LogP contribution is 2.44. The normalized spacial score (nSPS) is 20.1. The topological polar surface area (TPSA) is 170 Å². The first-order chi connectivity index (χ1) is 32.4. The lowest BCUT2D eigenvalue weighted by molar-refractivity contribution is -0.384. The van der Waals surface area contributed by atoms with Crippen LogP contribution < -0.4 is 14.8 Å². The number of hydrogen-bond acceptors (Lipinski definition) is 11. The molecule has 5 heterocycles. The molecule has 9 rings (SSSR count). The fourth-order valence-electron chi connectivity index (χ4n) is 9.61. The molecule has 3 N–H and O–H groups in total. The molecule has 17 heteroatoms. The second kappa shape index (κ2) is 20.5. The summed E-state index contributed by atoms with van der Waals surface area (Å²) in [7, 11) is 0. The number of amides is 1. The summed E-state index contributed by atoms with van der Waals surface area (Å²) in [5.41, 5.74) is 5.72. The highest BCUT2D eigenvalue weighted by Gasteiger charge is 2.32. The van der Waals surface area contributed by atoms with Gasteiger partial charge in [0.15, 0.2) is 4.90 Å². The standard InChI is InChI=1S/C50H55ClFN7O7S/c1-50(2)15-9-35(43(27-50)41-7-4-36(51)25-44(41)52)30-57-17-11-32(12-18-57)33-3-6-42(47(24-33)66-38-23-34-10-16-53-48(34)55-28-38)49(60)56-67(63)40-5-8-45(46(26-40)59(61)62)54-29-39-31-58(19-22-65-39)37-13-20-64-21-14-37/h3-8,10-11,16,23-26,28,37,39,54H,9,12-15,17-22,27,29-31H2,1-2H3,(H,53,55)(H,56,60). The van der Waals surface area contributed by atoms with Crippen molar-refractivity contribution in [3.8, 4) is 11.5 Å². The zero-order chi connectivity index (χ0) is 46.7. The number of ether oxygens (including phenoxy) is 3. The molecule has 67 heavy (non-hydrogen) atoms. The van der Waals surface area contributed by atoms with Crippen LogP contribution in [0.4, 0.5) is 15.8 Å². The summed E-state index contributed by atoms with van der Waals surface area (Å²) in [6.07, 6.45) is 10.7. The van der Waals surface area contributed by atoms with Gasteiger partial charge in [0.1, 0.15) is 40.0 Å². The molecule has 2 saturated heterocycles. The molecule has 14 nitrogen and oxygen atoms in total. The summed E-state index contributed by atoms with van der Waals surface area (Å²) in [6.45, 7) is 10.6. The summed E-state index contributed by atoms with van der Waals surface area (Å²) < 4.78 is 49.5. The Bertz CT molecular complexity index is 2710. The van der Waals surface area contributed by atoms with Crippen LogP contribution >= 0.6 is 11.6 Å². The Morgan fingerprint density at radius 1 is 1.07 bits per heavy atom. The van der Waals surface area contributed by atoms with Crippen molar-refractivity contribution in [3.63, 3.8) is 0 Å². The van der Waals surface area contributed by atoms with E-state index >= 15 is 4.39 Å². The number of pyridine rings is 1. The predicted octanol–water partition coefficient (Wildman–Crippen LogP) is 9.55. The van der Waals surface area contributed by atoms with Gasteiger partial charge in [-0.15, -0.1) is 0 Å². The van der Waals surface area contributed by atoms with Crippen LogP contribution in [0.1, 0.15) is 73.9 Å². The number of hydrogen-bond donors (Lipinski definition) is 3. The number of benzene rings is 3. The van der Waals surface area contributed by atoms with Crippen molar-refractivity contribution in [2.45, 2.75) is 69.4 Å². The van der Waals surface area contributed by atoms with E-state index in [0.717, 1.165) is 93.5 Å². The fourth-order valence-corrected chi connectivity index (χ4v) is 10.6. The van der Waals surface area contributed by atoms with Crippen molar-refractivity contribution >= 4 is 62.4 Å². The second-order valence-corrected chi connectivity index (χ2v) is 20.2. The largest absolute Gasteiger partial charge is 0.588 e. The third-order valence-corrected chi connectivity index (χ3v) is 14.6. The number of fused-ring (bicyclic) bond motifs is 1. The molecule has 2 aromatic heterocycles. The molecule has 352 valence electrons. The minimum Gasteiger partial charge on any atom is -0.588 e. The van der Waals surface area contributed by atoms with Gasteiger partial charge in [-0.1, -0.05) is 49.2 Å². The maximum Gasteiger partial charge on any atom is 0.297 e. The molecular weight excluding hydrogens is 897 g/mol. The molecule has 0 spiro atoms. The number of morpholine rings is 1. The van der Waals surface area contributed by atoms with E-state index in [0.29, 0.717) is 54.3 Å². The summed E-state index contributed by atoms with van der Waals surface area (Å²) in [5, 5.41) is 16.7. The van der Waals surface area contributed by atoms with Crippen molar-refractivity contribution in [2.75, 3.05) is 64.4 Å². The summed E-state index contributed by atoms with van der Waals surface area (Å²) in [6, 6.07) is 18.6. The van der Waals surface area contributed by atoms with E-state index < -0.39 is 22.2 Å². The van der Waals surface area contributed by atoms with Crippen LogP contribution in [0, 0.1) is 21.3 Å². The van der Waals surface area contributed by atoms with Crippen LogP contribution in [0.5, 0.6) is 11.5 Å². The third kappa shape index (κ3) is 11.2. The molecule has 1 amide bonds. The number of halogens is 2. The van der Waals surface area contributed by atoms with Gasteiger partial charge in [-0.05, 0) is 109 Å². The van der Waals surface area contributed by atoms with Gasteiger partial charge in [-0.2, -0.15) is 4.72 Å². The lowest BCUT2D eigenvalue weighted by Gasteiger charge is -2.39. The van der Waals surface area contributed by atoms with Crippen LogP contribution in [0.2, 0.25) is 5.02 Å². The number of aromatic nitrogens is 2. The Labute approximate surface area is 397 Å². The SMILES string of the molecule is CC1(C)CCC(CN2CC=C(c3ccc(C(=O)N[S+]([O-])c4ccc(NCC5CN(C6CCOCC6)CCO5)c([N+](=O)[O-])c4)c(Oc4cnc5[nH]ccc5c4)c3)CC2)=C(c2ccc(Cl)cc2F)C1. The van der Waals surface area contributed by atoms with Gasteiger partial charge in [0.25, 0.3) is 11.6 Å². The van der Waals surface area contributed by atoms with Gasteiger partial charge in [-0.3, -0.25) is 24.7 Å². The van der Waals surface area contributed by atoms with E-state index in [1.54, 1.807) is 36.7 Å². The second-order valence-electron chi connectivity index (χ2n) is 18.5. The van der Waals surface area contributed by atoms with Crippen LogP contribution in [0.3, 0.4) is 0 Å². The number of aromatic amines is 1. The van der Waals surface area contributed by atoms with Gasteiger partial charge in [0.05, 0.1) is 35.5 Å². The maximum atomic E-state index is 15.3. The van der Waals surface area contributed by atoms with Crippen LogP contribution in [0.15, 0.2) is 95.7 Å². The molecule has 5 aromatic rings. The molecule has 0 bridgehead atoms. The van der Waals surface area contributed by atoms with Crippen molar-refractivity contribution < 1.29 is 32.9 Å². The van der Waals surface area contributed by atoms with Gasteiger partial charge < -0.3 is 29.1 Å². The first-order valence-electron chi connectivity index (χ1n) is 22.9. The molecule has 3 aliphatic heterocycles. The number of nitro groups is 1. The van der Waals surface area contributed by atoms with E-state index in [2.05, 4.69) is 49.7 Å². The Hall–Kier alpha value is -5.33. The number of H-pyrrole nitrogens is 1. The number of nitrogens with zero attached hydrogens (tertiary/aromatic N) is 4. The molecule has 1 aliphatic carbocycles. The van der Waals surface area contributed by atoms with Gasteiger partial charge in [0.2, 0.25) is 0 Å². The monoisotopic (exact) mass is 951 g/mol. The molecule has 2 fully saturated rings. The van der Waals surface area contributed by atoms with E-state index in [1.807, 2.05) is 18.2 Å². The molecule has 2 unspecified atom stereocenters. The Morgan fingerprint density at radius 3 is 2.72 bits per heavy atom. The number of allylic oxidation sites excluding steroid dienone is 1. The summed E-state index contributed by atoms with van der Waals surface area (Å²) in [4.78, 5) is 38.1. The van der Waals surface area contributed by atoms with Crippen molar-refractivity contribution in [1.82, 2.24) is 24.5 Å². The highest BCUT2D eigenvalue weighted by molar-refractivity contribution is 7.90. The number of carbonyl (C=O) groups excluding carboxylic acids is 1. The number of anilines is 1. The molecule has 0 radical (unpaired) electrons. The third-order valence-electron chi connectivity index (χ3n) is 13.3. The summed E-state index contributed by atoms with van der Waals surface area (Å²) >= 11 is 3.96. The number of carbonyl (C=O) groups is 1. The van der Waals surface area contributed by atoms with Crippen molar-refractivity contribution in [3.05, 3.63) is 128 Å². The number of nitro benzene ring substituents is 1. The van der Waals surface area contributed by atoms with E-state index in [1.165, 1.54) is 29.8 Å². The van der Waals surface area contributed by atoms with Crippen LogP contribution in [-0.2, 0) is 20.8 Å². The zero-order valence-corrected chi connectivity index (χ0v) is 39.2. The van der Waals surface area contributed by atoms with Gasteiger partial charge in [-0.25, -0.2) is 9.37 Å². The minimum absolute atomic E-state index is 0.0569. The average molecular weight is 953 g/mol. The van der Waals surface area contributed by atoms with Crippen molar-refractivity contribution in [2.24, 2.45) is 5.41 Å². The molecular formula is C50H55ClFN7O7S. The first kappa shape index (κ1) is 46.8. The lowest BCUT2D eigenvalue weighted by Crippen LogP contribution is -2.51. The molecule has 0 saturated carbocycles. The molecule has 2 atom stereocenters. The van der Waals surface area contributed by atoms with Gasteiger partial charge >= 0.3 is 0 Å². The number of rotatable bonds is 14. The highest BCUT2D eigenvalue weighted by atomic mass is 35.5. The van der Waals surface area contributed by atoms with Crippen LogP contribution in [0.25, 0.3) is 22.2 Å². The van der Waals surface area contributed by atoms with Crippen molar-refractivity contribution in [1.29, 1.82) is 0 Å². The maximum absolute atomic E-state index is 15.3. The summed E-state index contributed by atoms with van der Waals surface area (Å²) in [5.74, 6) is -0.366. The minimum atomic E-state index is -2.16. The van der Waals surface area contributed by atoms with E-state index in [4.69, 9.17) is 25.8 Å². The Kier molecular flexibility index (Phi) is 14.3. The van der Waals surface area contributed by atoms with Gasteiger partial charge in [0, 0.05) is 80.7 Å². The van der Waals surface area contributed by atoms with Crippen LogP contribution in [-0.4, -0.2) is 106 Å². The number of nitrogens with one attached hydrogen (secondary N) is 3. The zero-order valence-electron chi connectivity index (χ0n) is 37.7. The van der Waals surface area contributed by atoms with E-state index in [9.17, 15) is 19.5 Å². The quantitative estimate of drug-likeness (QED) is 0.0551. The molecule has 4 aliphatic rings. The Morgan fingerprint density at radius 2 is 1.93 bits per heavy atom. The predicted molar refractivity (Wildman–Crippen MR) is 258 cm³/mol. The van der Waals surface area contributed by atoms with E-state index in [-0.39, 0.29) is 44.9 Å². The first-order valence-corrected chi connectivity index (χ1v) is 24.4. The fraction of sp³-hybridized carbons (Fsp3) is 0.400. The average Bonchev–Trinajstić information content (AvgIpc) is 3.80. The Balaban J connectivity index is 0.906. The smallest absolute Gasteiger partial charge is 0.297 e. The molecule has 3 aromatic carbocycles. The lowest BCUT2D eigenvalue weighted by atomic mass is 9.72.